The van der Waals surface area contributed by atoms with Gasteiger partial charge in [-0.05, 0) is 25.0 Å². The zero-order valence-electron chi connectivity index (χ0n) is 12.9. The molecule has 0 aliphatic heterocycles. The summed E-state index contributed by atoms with van der Waals surface area (Å²) in [5, 5.41) is 8.97. The predicted molar refractivity (Wildman–Crippen MR) is 79.2 cm³/mol. The minimum Gasteiger partial charge on any atom is -0.359 e. The Balaban J connectivity index is 1.55. The molecular formula is C16H16F3N3O2. The molecule has 0 bridgehead atoms. The van der Waals surface area contributed by atoms with Crippen molar-refractivity contribution in [2.45, 2.75) is 38.0 Å². The van der Waals surface area contributed by atoms with Crippen LogP contribution in [0.5, 0.6) is 0 Å². The van der Waals surface area contributed by atoms with E-state index in [2.05, 4.69) is 15.8 Å². The number of carbonyl (C=O) groups is 1. The molecule has 2 atom stereocenters. The minimum absolute atomic E-state index is 0.170. The molecule has 0 saturated heterocycles. The molecule has 1 fully saturated rings. The summed E-state index contributed by atoms with van der Waals surface area (Å²) in [6.45, 7) is 1.93. The lowest BCUT2D eigenvalue weighted by molar-refractivity contribution is -0.138. The van der Waals surface area contributed by atoms with Crippen LogP contribution in [0.4, 0.5) is 18.0 Å². The summed E-state index contributed by atoms with van der Waals surface area (Å²) in [6, 6.07) is 6.42. The molecule has 24 heavy (non-hydrogen) atoms. The lowest BCUT2D eigenvalue weighted by atomic mass is 10.0. The van der Waals surface area contributed by atoms with E-state index in [-0.39, 0.29) is 24.1 Å². The number of alkyl halides is 3. The van der Waals surface area contributed by atoms with Gasteiger partial charge >= 0.3 is 12.2 Å². The second-order valence-corrected chi connectivity index (χ2v) is 5.80. The van der Waals surface area contributed by atoms with Crippen LogP contribution in [0.15, 0.2) is 34.9 Å². The third-order valence-corrected chi connectivity index (χ3v) is 3.87. The molecule has 2 amide bonds. The topological polar surface area (TPSA) is 67.2 Å². The Labute approximate surface area is 136 Å². The maximum atomic E-state index is 13.0. The van der Waals surface area contributed by atoms with E-state index >= 15 is 0 Å². The molecule has 1 aromatic heterocycles. The van der Waals surface area contributed by atoms with Gasteiger partial charge in [-0.1, -0.05) is 23.4 Å². The third-order valence-electron chi connectivity index (χ3n) is 3.87. The van der Waals surface area contributed by atoms with Crippen molar-refractivity contribution >= 4 is 6.03 Å². The fourth-order valence-corrected chi connectivity index (χ4v) is 2.66. The first-order chi connectivity index (χ1) is 11.3. The first-order valence-corrected chi connectivity index (χ1v) is 7.47. The van der Waals surface area contributed by atoms with E-state index in [1.54, 1.807) is 19.1 Å². The fraction of sp³-hybridized carbons (Fsp3) is 0.375. The van der Waals surface area contributed by atoms with Crippen molar-refractivity contribution in [2.75, 3.05) is 0 Å². The number of carbonyl (C=O) groups excluding carboxylic acids is 1. The molecule has 8 heteroatoms. The van der Waals surface area contributed by atoms with Gasteiger partial charge in [0.2, 0.25) is 0 Å². The molecular weight excluding hydrogens is 323 g/mol. The van der Waals surface area contributed by atoms with Gasteiger partial charge in [-0.15, -0.1) is 0 Å². The summed E-state index contributed by atoms with van der Waals surface area (Å²) in [5.41, 5.74) is 0.288. The van der Waals surface area contributed by atoms with E-state index in [1.807, 2.05) is 0 Å². The smallest absolute Gasteiger partial charge is 0.359 e. The SMILES string of the molecule is Cc1cc(CNC(=O)NC2CC2c2ccccc2C(F)(F)F)on1. The van der Waals surface area contributed by atoms with Crippen molar-refractivity contribution < 1.29 is 22.5 Å². The van der Waals surface area contributed by atoms with Gasteiger partial charge in [0, 0.05) is 18.0 Å². The molecule has 2 aromatic rings. The average molecular weight is 339 g/mol. The molecule has 1 aliphatic carbocycles. The number of rotatable bonds is 4. The van der Waals surface area contributed by atoms with Gasteiger partial charge in [0.05, 0.1) is 17.8 Å². The third kappa shape index (κ3) is 3.69. The number of halogens is 3. The molecule has 128 valence electrons. The summed E-state index contributed by atoms with van der Waals surface area (Å²) in [6.07, 6.45) is -3.90. The fourth-order valence-electron chi connectivity index (χ4n) is 2.66. The van der Waals surface area contributed by atoms with E-state index in [4.69, 9.17) is 4.52 Å². The first kappa shape index (κ1) is 16.4. The molecule has 1 aromatic carbocycles. The van der Waals surface area contributed by atoms with Crippen LogP contribution in [-0.2, 0) is 12.7 Å². The van der Waals surface area contributed by atoms with Gasteiger partial charge in [-0.3, -0.25) is 0 Å². The van der Waals surface area contributed by atoms with Crippen LogP contribution in [0.2, 0.25) is 0 Å². The van der Waals surface area contributed by atoms with E-state index in [9.17, 15) is 18.0 Å². The van der Waals surface area contributed by atoms with Crippen LogP contribution in [-0.4, -0.2) is 17.2 Å². The van der Waals surface area contributed by atoms with Crippen molar-refractivity contribution in [3.05, 3.63) is 52.9 Å². The van der Waals surface area contributed by atoms with Crippen LogP contribution in [0, 0.1) is 6.92 Å². The number of nitrogens with zero attached hydrogens (tertiary/aromatic N) is 1. The molecule has 2 N–H and O–H groups in total. The summed E-state index contributed by atoms with van der Waals surface area (Å²) in [5.74, 6) is 0.193. The monoisotopic (exact) mass is 339 g/mol. The first-order valence-electron chi connectivity index (χ1n) is 7.47. The Kier molecular flexibility index (Phi) is 4.21. The van der Waals surface area contributed by atoms with Crippen molar-refractivity contribution in [2.24, 2.45) is 0 Å². The number of hydrogen-bond acceptors (Lipinski definition) is 3. The number of aromatic nitrogens is 1. The number of aryl methyl sites for hydroxylation is 1. The van der Waals surface area contributed by atoms with Crippen molar-refractivity contribution in [3.8, 4) is 0 Å². The quantitative estimate of drug-likeness (QED) is 0.898. The largest absolute Gasteiger partial charge is 0.416 e. The standard InChI is InChI=1S/C16H16F3N3O2/c1-9-6-10(24-22-9)8-20-15(23)21-14-7-12(14)11-4-2-3-5-13(11)16(17,18)19/h2-6,12,14H,7-8H2,1H3,(H2,20,21,23). The zero-order valence-corrected chi connectivity index (χ0v) is 12.9. The second-order valence-electron chi connectivity index (χ2n) is 5.80. The van der Waals surface area contributed by atoms with Crippen molar-refractivity contribution in [1.82, 2.24) is 15.8 Å². The molecule has 5 nitrogen and oxygen atoms in total. The summed E-state index contributed by atoms with van der Waals surface area (Å²) in [7, 11) is 0. The van der Waals surface area contributed by atoms with Crippen molar-refractivity contribution in [3.63, 3.8) is 0 Å². The van der Waals surface area contributed by atoms with Crippen molar-refractivity contribution in [1.29, 1.82) is 0 Å². The highest BCUT2D eigenvalue weighted by Crippen LogP contribution is 2.46. The summed E-state index contributed by atoms with van der Waals surface area (Å²) in [4.78, 5) is 11.8. The molecule has 0 radical (unpaired) electrons. The van der Waals surface area contributed by atoms with Crippen LogP contribution < -0.4 is 10.6 Å². The van der Waals surface area contributed by atoms with E-state index in [1.165, 1.54) is 12.1 Å². The van der Waals surface area contributed by atoms with Gasteiger partial charge in [0.15, 0.2) is 5.76 Å². The molecule has 1 saturated carbocycles. The highest BCUT2D eigenvalue weighted by atomic mass is 19.4. The number of amides is 2. The Morgan fingerprint density at radius 2 is 2.12 bits per heavy atom. The van der Waals surface area contributed by atoms with E-state index in [0.717, 1.165) is 6.07 Å². The van der Waals surface area contributed by atoms with Gasteiger partial charge in [-0.2, -0.15) is 13.2 Å². The summed E-state index contributed by atoms with van der Waals surface area (Å²) >= 11 is 0. The maximum Gasteiger partial charge on any atom is 0.416 e. The Hall–Kier alpha value is -2.51. The Bertz CT molecular complexity index is 742. The molecule has 2 unspecified atom stereocenters. The van der Waals surface area contributed by atoms with E-state index < -0.39 is 17.8 Å². The highest BCUT2D eigenvalue weighted by Gasteiger charge is 2.44. The van der Waals surface area contributed by atoms with Gasteiger partial charge in [-0.25, -0.2) is 4.79 Å². The van der Waals surface area contributed by atoms with Gasteiger partial charge in [0.1, 0.15) is 0 Å². The lowest BCUT2D eigenvalue weighted by Crippen LogP contribution is -2.36. The van der Waals surface area contributed by atoms with Gasteiger partial charge < -0.3 is 15.2 Å². The average Bonchev–Trinajstić information content (AvgIpc) is 3.15. The number of hydrogen-bond donors (Lipinski definition) is 2. The van der Waals surface area contributed by atoms with Crippen LogP contribution in [0.25, 0.3) is 0 Å². The predicted octanol–water partition coefficient (Wildman–Crippen LogP) is 3.36. The Morgan fingerprint density at radius 3 is 2.79 bits per heavy atom. The normalized spacial score (nSPS) is 19.8. The Morgan fingerprint density at radius 1 is 1.38 bits per heavy atom. The molecule has 1 heterocycles. The lowest BCUT2D eigenvalue weighted by Gasteiger charge is -2.12. The van der Waals surface area contributed by atoms with E-state index in [0.29, 0.717) is 17.9 Å². The number of nitrogens with one attached hydrogen (secondary N) is 2. The highest BCUT2D eigenvalue weighted by molar-refractivity contribution is 5.74. The minimum atomic E-state index is -4.39. The molecule has 3 rings (SSSR count). The zero-order chi connectivity index (χ0) is 17.3. The van der Waals surface area contributed by atoms with Crippen LogP contribution in [0.3, 0.4) is 0 Å². The van der Waals surface area contributed by atoms with Gasteiger partial charge in [0.25, 0.3) is 0 Å². The second kappa shape index (κ2) is 6.18. The number of urea groups is 1. The summed E-state index contributed by atoms with van der Waals surface area (Å²) < 4.78 is 44.0. The molecule has 1 aliphatic rings. The maximum absolute atomic E-state index is 13.0. The van der Waals surface area contributed by atoms with Crippen LogP contribution in [0.1, 0.15) is 34.9 Å². The number of benzene rings is 1. The molecule has 0 spiro atoms. The van der Waals surface area contributed by atoms with Crippen LogP contribution >= 0.6 is 0 Å².